The molecule has 1 saturated heterocycles. The Balaban J connectivity index is 2.47. The first kappa shape index (κ1) is 17.4. The summed E-state index contributed by atoms with van der Waals surface area (Å²) < 4.78 is 5.52. The SMILES string of the molecule is CCC(CC)C(=O)NC(=O)NC(=O)N1C[C@H](C)O[C@@H](C)C1. The van der Waals surface area contributed by atoms with Gasteiger partial charge in [0.05, 0.1) is 12.2 Å². The van der Waals surface area contributed by atoms with Crippen LogP contribution in [0.4, 0.5) is 9.59 Å². The molecular formula is C14H25N3O4. The molecule has 0 radical (unpaired) electrons. The molecule has 0 saturated carbocycles. The number of rotatable bonds is 3. The maximum atomic E-state index is 12.0. The van der Waals surface area contributed by atoms with Crippen molar-refractivity contribution in [2.24, 2.45) is 5.92 Å². The smallest absolute Gasteiger partial charge is 0.329 e. The quantitative estimate of drug-likeness (QED) is 0.826. The van der Waals surface area contributed by atoms with E-state index in [4.69, 9.17) is 4.74 Å². The van der Waals surface area contributed by atoms with Gasteiger partial charge in [-0.2, -0.15) is 0 Å². The lowest BCUT2D eigenvalue weighted by molar-refractivity contribution is -0.124. The van der Waals surface area contributed by atoms with E-state index in [0.717, 1.165) is 0 Å². The van der Waals surface area contributed by atoms with Crippen LogP contribution in [0.5, 0.6) is 0 Å². The van der Waals surface area contributed by atoms with Crippen LogP contribution in [-0.2, 0) is 9.53 Å². The number of carbonyl (C=O) groups is 3. The molecule has 2 atom stereocenters. The third-order valence-electron chi connectivity index (χ3n) is 3.52. The van der Waals surface area contributed by atoms with Gasteiger partial charge in [0, 0.05) is 19.0 Å². The fourth-order valence-corrected chi connectivity index (χ4v) is 2.42. The van der Waals surface area contributed by atoms with E-state index in [-0.39, 0.29) is 24.0 Å². The average molecular weight is 299 g/mol. The number of hydrogen-bond donors (Lipinski definition) is 2. The Morgan fingerprint density at radius 3 is 2.10 bits per heavy atom. The van der Waals surface area contributed by atoms with Crippen molar-refractivity contribution in [1.29, 1.82) is 0 Å². The largest absolute Gasteiger partial charge is 0.372 e. The lowest BCUT2D eigenvalue weighted by Crippen LogP contribution is -2.55. The highest BCUT2D eigenvalue weighted by Gasteiger charge is 2.27. The number of imide groups is 2. The number of carbonyl (C=O) groups excluding carboxylic acids is 3. The van der Waals surface area contributed by atoms with Crippen molar-refractivity contribution in [2.75, 3.05) is 13.1 Å². The molecule has 0 aromatic heterocycles. The van der Waals surface area contributed by atoms with E-state index in [1.807, 2.05) is 27.7 Å². The van der Waals surface area contributed by atoms with E-state index < -0.39 is 12.1 Å². The van der Waals surface area contributed by atoms with Crippen molar-refractivity contribution in [3.63, 3.8) is 0 Å². The minimum absolute atomic E-state index is 0.0752. The average Bonchev–Trinajstić information content (AvgIpc) is 2.38. The maximum absolute atomic E-state index is 12.0. The predicted molar refractivity (Wildman–Crippen MR) is 77.7 cm³/mol. The molecule has 0 aliphatic carbocycles. The Bertz CT molecular complexity index is 386. The topological polar surface area (TPSA) is 87.7 Å². The fourth-order valence-electron chi connectivity index (χ4n) is 2.42. The lowest BCUT2D eigenvalue weighted by Gasteiger charge is -2.35. The third kappa shape index (κ3) is 5.34. The summed E-state index contributed by atoms with van der Waals surface area (Å²) >= 11 is 0. The second kappa shape index (κ2) is 7.97. The molecule has 21 heavy (non-hydrogen) atoms. The van der Waals surface area contributed by atoms with Gasteiger partial charge in [0.1, 0.15) is 0 Å². The number of morpholine rings is 1. The zero-order chi connectivity index (χ0) is 16.0. The van der Waals surface area contributed by atoms with Crippen molar-refractivity contribution in [1.82, 2.24) is 15.5 Å². The Morgan fingerprint density at radius 2 is 1.62 bits per heavy atom. The molecule has 2 N–H and O–H groups in total. The van der Waals surface area contributed by atoms with Gasteiger partial charge >= 0.3 is 12.1 Å². The van der Waals surface area contributed by atoms with Crippen molar-refractivity contribution < 1.29 is 19.1 Å². The number of amides is 5. The first-order valence-corrected chi connectivity index (χ1v) is 7.43. The molecule has 7 heteroatoms. The predicted octanol–water partition coefficient (Wildman–Crippen LogP) is 1.48. The van der Waals surface area contributed by atoms with Crippen LogP contribution in [0.1, 0.15) is 40.5 Å². The molecule has 1 aliphatic heterocycles. The van der Waals surface area contributed by atoms with Crippen LogP contribution in [0.2, 0.25) is 0 Å². The lowest BCUT2D eigenvalue weighted by atomic mass is 10.0. The van der Waals surface area contributed by atoms with Crippen LogP contribution in [0.25, 0.3) is 0 Å². The standard InChI is InChI=1S/C14H25N3O4/c1-5-11(6-2)12(18)15-13(19)16-14(20)17-7-9(3)21-10(4)8-17/h9-11H,5-8H2,1-4H3,(H2,15,16,18,19,20)/t9-,10-/m0/s1. The molecule has 0 bridgehead atoms. The van der Waals surface area contributed by atoms with Crippen LogP contribution < -0.4 is 10.6 Å². The van der Waals surface area contributed by atoms with Gasteiger partial charge in [-0.05, 0) is 26.7 Å². The molecule has 7 nitrogen and oxygen atoms in total. The molecule has 1 aliphatic rings. The summed E-state index contributed by atoms with van der Waals surface area (Å²) in [7, 11) is 0. The summed E-state index contributed by atoms with van der Waals surface area (Å²) in [5, 5.41) is 4.39. The molecule has 0 spiro atoms. The highest BCUT2D eigenvalue weighted by atomic mass is 16.5. The number of hydrogen-bond acceptors (Lipinski definition) is 4. The molecule has 1 fully saturated rings. The van der Waals surface area contributed by atoms with Crippen molar-refractivity contribution in [2.45, 2.75) is 52.7 Å². The maximum Gasteiger partial charge on any atom is 0.329 e. The highest BCUT2D eigenvalue weighted by Crippen LogP contribution is 2.10. The van der Waals surface area contributed by atoms with Crippen LogP contribution in [0.3, 0.4) is 0 Å². The summed E-state index contributed by atoms with van der Waals surface area (Å²) in [6.07, 6.45) is 1.16. The summed E-state index contributed by atoms with van der Waals surface area (Å²) in [4.78, 5) is 36.9. The van der Waals surface area contributed by atoms with Crippen molar-refractivity contribution in [3.8, 4) is 0 Å². The highest BCUT2D eigenvalue weighted by molar-refractivity contribution is 6.02. The van der Waals surface area contributed by atoms with Crippen LogP contribution in [-0.4, -0.2) is 48.2 Å². The zero-order valence-corrected chi connectivity index (χ0v) is 13.1. The molecule has 5 amide bonds. The Morgan fingerprint density at radius 1 is 1.10 bits per heavy atom. The van der Waals surface area contributed by atoms with Gasteiger partial charge in [-0.15, -0.1) is 0 Å². The molecule has 1 rings (SSSR count). The third-order valence-corrected chi connectivity index (χ3v) is 3.52. The molecule has 0 aromatic rings. The summed E-state index contributed by atoms with van der Waals surface area (Å²) in [5.74, 6) is -0.566. The second-order valence-corrected chi connectivity index (χ2v) is 5.42. The number of urea groups is 2. The van der Waals surface area contributed by atoms with E-state index in [1.165, 1.54) is 4.90 Å². The Hall–Kier alpha value is -1.63. The van der Waals surface area contributed by atoms with Crippen molar-refractivity contribution in [3.05, 3.63) is 0 Å². The van der Waals surface area contributed by atoms with E-state index in [2.05, 4.69) is 10.6 Å². The number of ether oxygens (including phenoxy) is 1. The monoisotopic (exact) mass is 299 g/mol. The van der Waals surface area contributed by atoms with Gasteiger partial charge in [-0.3, -0.25) is 15.4 Å². The van der Waals surface area contributed by atoms with E-state index in [9.17, 15) is 14.4 Å². The second-order valence-electron chi connectivity index (χ2n) is 5.42. The van der Waals surface area contributed by atoms with Gasteiger partial charge in [0.15, 0.2) is 0 Å². The molecule has 0 unspecified atom stereocenters. The van der Waals surface area contributed by atoms with Crippen LogP contribution in [0.15, 0.2) is 0 Å². The first-order chi connectivity index (χ1) is 9.87. The van der Waals surface area contributed by atoms with Gasteiger partial charge in [0.25, 0.3) is 0 Å². The molecule has 120 valence electrons. The van der Waals surface area contributed by atoms with E-state index in [0.29, 0.717) is 25.9 Å². The van der Waals surface area contributed by atoms with Gasteiger partial charge in [-0.25, -0.2) is 9.59 Å². The van der Waals surface area contributed by atoms with E-state index in [1.54, 1.807) is 0 Å². The zero-order valence-electron chi connectivity index (χ0n) is 13.1. The van der Waals surface area contributed by atoms with Crippen LogP contribution >= 0.6 is 0 Å². The molecular weight excluding hydrogens is 274 g/mol. The first-order valence-electron chi connectivity index (χ1n) is 7.43. The van der Waals surface area contributed by atoms with Crippen molar-refractivity contribution >= 4 is 18.0 Å². The summed E-state index contributed by atoms with van der Waals surface area (Å²) in [6, 6.07) is -1.28. The summed E-state index contributed by atoms with van der Waals surface area (Å²) in [5.41, 5.74) is 0. The van der Waals surface area contributed by atoms with E-state index >= 15 is 0 Å². The minimum Gasteiger partial charge on any atom is -0.372 e. The Labute approximate surface area is 125 Å². The van der Waals surface area contributed by atoms with Crippen LogP contribution in [0, 0.1) is 5.92 Å². The number of nitrogens with one attached hydrogen (secondary N) is 2. The normalized spacial score (nSPS) is 22.0. The van der Waals surface area contributed by atoms with Gasteiger partial charge in [-0.1, -0.05) is 13.8 Å². The molecule has 0 aromatic carbocycles. The Kier molecular flexibility index (Phi) is 6.61. The van der Waals surface area contributed by atoms with Gasteiger partial charge < -0.3 is 9.64 Å². The molecule has 1 heterocycles. The number of nitrogens with zero attached hydrogens (tertiary/aromatic N) is 1. The fraction of sp³-hybridized carbons (Fsp3) is 0.786. The minimum atomic E-state index is -0.774. The van der Waals surface area contributed by atoms with Gasteiger partial charge in [0.2, 0.25) is 5.91 Å². The summed E-state index contributed by atoms with van der Waals surface area (Å²) in [6.45, 7) is 8.34.